The first-order valence-electron chi connectivity index (χ1n) is 8.46. The fourth-order valence-electron chi connectivity index (χ4n) is 3.65. The van der Waals surface area contributed by atoms with Crippen LogP contribution in [-0.4, -0.2) is 25.1 Å². The van der Waals surface area contributed by atoms with Gasteiger partial charge in [-0.2, -0.15) is 0 Å². The number of carbonyl (C=O) groups excluding carboxylic acids is 1. The fourth-order valence-corrected chi connectivity index (χ4v) is 4.69. The molecule has 0 bridgehead atoms. The molecule has 2 heterocycles. The first kappa shape index (κ1) is 17.5. The summed E-state index contributed by atoms with van der Waals surface area (Å²) in [6, 6.07) is 4.97. The Bertz CT molecular complexity index is 1010. The van der Waals surface area contributed by atoms with Gasteiger partial charge < -0.3 is 4.90 Å². The quantitative estimate of drug-likeness (QED) is 0.869. The molecular formula is C18H18ClN3O3S. The SMILES string of the molecule is CCS(=O)(=O)NC1CCc2c1cncc2N1Cc2cc(Cl)ccc2C1=O. The molecule has 4 rings (SSSR count). The van der Waals surface area contributed by atoms with E-state index >= 15 is 0 Å². The lowest BCUT2D eigenvalue weighted by Gasteiger charge is -2.20. The number of nitrogens with one attached hydrogen (secondary N) is 1. The molecule has 2 aliphatic rings. The zero-order chi connectivity index (χ0) is 18.5. The molecule has 1 amide bonds. The van der Waals surface area contributed by atoms with Crippen molar-refractivity contribution in [2.45, 2.75) is 32.4 Å². The number of hydrogen-bond acceptors (Lipinski definition) is 4. The maximum atomic E-state index is 12.8. The standard InChI is InChI=1S/C18H18ClN3O3S/c1-2-26(24,25)21-16-6-5-14-15(16)8-20-9-17(14)22-10-11-7-12(19)3-4-13(11)18(22)23/h3-4,7-9,16,21H,2,5-6,10H2,1H3. The van der Waals surface area contributed by atoms with E-state index in [1.807, 2.05) is 6.07 Å². The van der Waals surface area contributed by atoms with Crippen LogP contribution in [0.25, 0.3) is 0 Å². The van der Waals surface area contributed by atoms with Crippen molar-refractivity contribution in [3.63, 3.8) is 0 Å². The van der Waals surface area contributed by atoms with E-state index in [2.05, 4.69) is 9.71 Å². The van der Waals surface area contributed by atoms with Crippen molar-refractivity contribution in [2.75, 3.05) is 10.7 Å². The van der Waals surface area contributed by atoms with Crippen molar-refractivity contribution in [3.8, 4) is 0 Å². The average Bonchev–Trinajstić information content (AvgIpc) is 3.16. The Morgan fingerprint density at radius 1 is 1.35 bits per heavy atom. The van der Waals surface area contributed by atoms with Gasteiger partial charge in [0.1, 0.15) is 0 Å². The number of sulfonamides is 1. The van der Waals surface area contributed by atoms with Gasteiger partial charge in [-0.3, -0.25) is 9.78 Å². The van der Waals surface area contributed by atoms with E-state index < -0.39 is 10.0 Å². The molecule has 1 aliphatic heterocycles. The highest BCUT2D eigenvalue weighted by Gasteiger charge is 2.34. The maximum absolute atomic E-state index is 12.8. The minimum Gasteiger partial charge on any atom is -0.302 e. The van der Waals surface area contributed by atoms with Crippen molar-refractivity contribution in [1.82, 2.24) is 9.71 Å². The van der Waals surface area contributed by atoms with E-state index in [0.29, 0.717) is 30.0 Å². The Morgan fingerprint density at radius 3 is 2.92 bits per heavy atom. The van der Waals surface area contributed by atoms with Crippen molar-refractivity contribution in [2.24, 2.45) is 0 Å². The summed E-state index contributed by atoms with van der Waals surface area (Å²) in [6.45, 7) is 2.05. The van der Waals surface area contributed by atoms with E-state index in [0.717, 1.165) is 22.4 Å². The summed E-state index contributed by atoms with van der Waals surface area (Å²) in [7, 11) is -3.31. The van der Waals surface area contributed by atoms with E-state index in [9.17, 15) is 13.2 Å². The molecule has 1 unspecified atom stereocenters. The summed E-state index contributed by atoms with van der Waals surface area (Å²) < 4.78 is 26.6. The molecule has 6 nitrogen and oxygen atoms in total. The summed E-state index contributed by atoms with van der Waals surface area (Å²) in [5, 5.41) is 0.601. The smallest absolute Gasteiger partial charge is 0.258 e. The second-order valence-electron chi connectivity index (χ2n) is 6.53. The van der Waals surface area contributed by atoms with E-state index in [1.54, 1.807) is 36.4 Å². The average molecular weight is 392 g/mol. The number of amides is 1. The number of anilines is 1. The molecule has 1 aliphatic carbocycles. The summed E-state index contributed by atoms with van der Waals surface area (Å²) in [4.78, 5) is 18.8. The van der Waals surface area contributed by atoms with Crippen LogP contribution < -0.4 is 9.62 Å². The predicted molar refractivity (Wildman–Crippen MR) is 99.9 cm³/mol. The molecule has 8 heteroatoms. The third-order valence-electron chi connectivity index (χ3n) is 4.99. The zero-order valence-corrected chi connectivity index (χ0v) is 15.8. The minimum atomic E-state index is -3.31. The largest absolute Gasteiger partial charge is 0.302 e. The van der Waals surface area contributed by atoms with Gasteiger partial charge in [0, 0.05) is 22.8 Å². The summed E-state index contributed by atoms with van der Waals surface area (Å²) in [5.41, 5.74) is 4.12. The second-order valence-corrected chi connectivity index (χ2v) is 9.01. The highest BCUT2D eigenvalue weighted by molar-refractivity contribution is 7.89. The van der Waals surface area contributed by atoms with Crippen LogP contribution in [0.5, 0.6) is 0 Å². The monoisotopic (exact) mass is 391 g/mol. The highest BCUT2D eigenvalue weighted by atomic mass is 35.5. The molecule has 26 heavy (non-hydrogen) atoms. The van der Waals surface area contributed by atoms with Gasteiger partial charge in [0.25, 0.3) is 5.91 Å². The van der Waals surface area contributed by atoms with E-state index in [4.69, 9.17) is 11.6 Å². The normalized spacial score (nSPS) is 18.9. The van der Waals surface area contributed by atoms with Crippen molar-refractivity contribution in [1.29, 1.82) is 0 Å². The van der Waals surface area contributed by atoms with Gasteiger partial charge in [-0.25, -0.2) is 13.1 Å². The molecule has 1 N–H and O–H groups in total. The third kappa shape index (κ3) is 2.90. The van der Waals surface area contributed by atoms with Crippen LogP contribution in [0.3, 0.4) is 0 Å². The molecule has 0 spiro atoms. The van der Waals surface area contributed by atoms with Crippen LogP contribution in [0, 0.1) is 0 Å². The third-order valence-corrected chi connectivity index (χ3v) is 6.63. The molecule has 0 fully saturated rings. The lowest BCUT2D eigenvalue weighted by Crippen LogP contribution is -2.29. The van der Waals surface area contributed by atoms with Crippen LogP contribution in [0.4, 0.5) is 5.69 Å². The summed E-state index contributed by atoms with van der Waals surface area (Å²) in [6.07, 6.45) is 4.74. The first-order valence-corrected chi connectivity index (χ1v) is 10.5. The number of aromatic nitrogens is 1. The van der Waals surface area contributed by atoms with Gasteiger partial charge in [-0.15, -0.1) is 0 Å². The number of hydrogen-bond donors (Lipinski definition) is 1. The summed E-state index contributed by atoms with van der Waals surface area (Å²) in [5.74, 6) is -0.0449. The van der Waals surface area contributed by atoms with Crippen LogP contribution >= 0.6 is 11.6 Å². The Kier molecular flexibility index (Phi) is 4.25. The number of rotatable bonds is 4. The van der Waals surface area contributed by atoms with Crippen molar-refractivity contribution >= 4 is 33.2 Å². The van der Waals surface area contributed by atoms with Gasteiger partial charge in [0.05, 0.1) is 24.2 Å². The van der Waals surface area contributed by atoms with Crippen LogP contribution in [0.1, 0.15) is 46.4 Å². The number of carbonyl (C=O) groups is 1. The molecule has 0 saturated carbocycles. The molecule has 1 aromatic carbocycles. The predicted octanol–water partition coefficient (Wildman–Crippen LogP) is 2.82. The molecule has 1 aromatic heterocycles. The first-order chi connectivity index (χ1) is 12.4. The number of benzene rings is 1. The molecule has 2 aromatic rings. The van der Waals surface area contributed by atoms with Crippen molar-refractivity contribution in [3.05, 3.63) is 57.9 Å². The zero-order valence-electron chi connectivity index (χ0n) is 14.2. The van der Waals surface area contributed by atoms with Gasteiger partial charge >= 0.3 is 0 Å². The number of halogens is 1. The topological polar surface area (TPSA) is 79.4 Å². The van der Waals surface area contributed by atoms with Crippen LogP contribution in [0.2, 0.25) is 5.02 Å². The number of nitrogens with zero attached hydrogens (tertiary/aromatic N) is 2. The van der Waals surface area contributed by atoms with E-state index in [-0.39, 0.29) is 17.7 Å². The lowest BCUT2D eigenvalue weighted by molar-refractivity contribution is 0.0996. The van der Waals surface area contributed by atoms with Crippen LogP contribution in [-0.2, 0) is 23.0 Å². The van der Waals surface area contributed by atoms with E-state index in [1.165, 1.54) is 0 Å². The molecule has 0 saturated heterocycles. The molecule has 0 radical (unpaired) electrons. The fraction of sp³-hybridized carbons (Fsp3) is 0.333. The Hall–Kier alpha value is -1.96. The van der Waals surface area contributed by atoms with Gasteiger partial charge in [0.2, 0.25) is 10.0 Å². The Morgan fingerprint density at radius 2 is 2.15 bits per heavy atom. The van der Waals surface area contributed by atoms with Gasteiger partial charge in [-0.05, 0) is 54.7 Å². The number of fused-ring (bicyclic) bond motifs is 2. The van der Waals surface area contributed by atoms with Gasteiger partial charge in [-0.1, -0.05) is 11.6 Å². The minimum absolute atomic E-state index is 0.0344. The molecule has 136 valence electrons. The lowest BCUT2D eigenvalue weighted by atomic mass is 10.1. The van der Waals surface area contributed by atoms with Crippen LogP contribution in [0.15, 0.2) is 30.6 Å². The Balaban J connectivity index is 1.69. The van der Waals surface area contributed by atoms with Crippen molar-refractivity contribution < 1.29 is 13.2 Å². The van der Waals surface area contributed by atoms with Gasteiger partial charge in [0.15, 0.2) is 0 Å². The number of pyridine rings is 1. The second kappa shape index (κ2) is 6.33. The highest BCUT2D eigenvalue weighted by Crippen LogP contribution is 2.39. The molecule has 1 atom stereocenters. The molecular weight excluding hydrogens is 374 g/mol. The maximum Gasteiger partial charge on any atom is 0.258 e. The Labute approximate surface area is 157 Å². The summed E-state index contributed by atoms with van der Waals surface area (Å²) >= 11 is 6.05.